The molecule has 4 aromatic rings. The average molecular weight is 612 g/mol. The molecule has 220 valence electrons. The van der Waals surface area contributed by atoms with Gasteiger partial charge in [-0.25, -0.2) is 34.3 Å². The number of ether oxygens (including phenoxy) is 2. The van der Waals surface area contributed by atoms with E-state index >= 15 is 0 Å². The highest BCUT2D eigenvalue weighted by Crippen LogP contribution is 2.42. The standard InChI is InChI=1S/C21H27FN10O7P2/c22-11-2-15(32-9-30-17-19(24)26-7-28-21(17)32)39-13(11)4-36-40(33)5-10-1-14(38-12(10)3-37-41(34)35)31-8-29-16-18(23)25-6-27-20(16)31/h6-15,40-41H,1-5H2,(H,34,35)(H2,23,25,27)(H2,24,26,28)/t10-,11-,12?,13?,14-,15-/m1/s1. The summed E-state index contributed by atoms with van der Waals surface area (Å²) in [5.41, 5.74) is 13.4. The van der Waals surface area contributed by atoms with Crippen LogP contribution in [-0.4, -0.2) is 81.7 Å². The van der Waals surface area contributed by atoms with Crippen molar-refractivity contribution in [1.82, 2.24) is 39.0 Å². The van der Waals surface area contributed by atoms with Crippen LogP contribution in [0.2, 0.25) is 0 Å². The molecule has 6 rings (SSSR count). The molecule has 0 bridgehead atoms. The second-order valence-corrected chi connectivity index (χ2v) is 11.9. The molecule has 8 atom stereocenters. The van der Waals surface area contributed by atoms with Crippen LogP contribution in [0.3, 0.4) is 0 Å². The van der Waals surface area contributed by atoms with Gasteiger partial charge in [-0.2, -0.15) is 0 Å². The Labute approximate surface area is 232 Å². The number of halogens is 1. The Morgan fingerprint density at radius 2 is 1.44 bits per heavy atom. The highest BCUT2D eigenvalue weighted by Gasteiger charge is 2.40. The minimum atomic E-state index is -3.22. The van der Waals surface area contributed by atoms with E-state index in [1.807, 2.05) is 0 Å². The summed E-state index contributed by atoms with van der Waals surface area (Å²) in [4.78, 5) is 33.8. The number of alkyl halides is 1. The normalized spacial score (nSPS) is 28.0. The zero-order valence-electron chi connectivity index (χ0n) is 21.3. The van der Waals surface area contributed by atoms with Crippen LogP contribution in [0.25, 0.3) is 22.3 Å². The van der Waals surface area contributed by atoms with Crippen LogP contribution in [0.4, 0.5) is 16.0 Å². The van der Waals surface area contributed by atoms with E-state index < -0.39 is 47.1 Å². The quantitative estimate of drug-likeness (QED) is 0.214. The predicted octanol–water partition coefficient (Wildman–Crippen LogP) is 1.25. The van der Waals surface area contributed by atoms with E-state index in [9.17, 15) is 13.5 Å². The molecule has 4 aromatic heterocycles. The van der Waals surface area contributed by atoms with Gasteiger partial charge in [-0.15, -0.1) is 0 Å². The maximum Gasteiger partial charge on any atom is 0.316 e. The molecule has 5 N–H and O–H groups in total. The number of anilines is 2. The van der Waals surface area contributed by atoms with E-state index in [0.29, 0.717) is 28.7 Å². The summed E-state index contributed by atoms with van der Waals surface area (Å²) in [5, 5.41) is 0. The fourth-order valence-electron chi connectivity index (χ4n) is 5.12. The van der Waals surface area contributed by atoms with Crippen LogP contribution in [0.5, 0.6) is 0 Å². The number of rotatable bonds is 10. The predicted molar refractivity (Wildman–Crippen MR) is 142 cm³/mol. The summed E-state index contributed by atoms with van der Waals surface area (Å²) >= 11 is 0. The molecule has 20 heteroatoms. The van der Waals surface area contributed by atoms with Gasteiger partial charge in [0.1, 0.15) is 48.4 Å². The fraction of sp³-hybridized carbons (Fsp3) is 0.524. The second-order valence-electron chi connectivity index (χ2n) is 9.64. The molecule has 0 amide bonds. The van der Waals surface area contributed by atoms with Gasteiger partial charge in [0.25, 0.3) is 0 Å². The third-order valence-electron chi connectivity index (χ3n) is 7.13. The van der Waals surface area contributed by atoms with Crippen LogP contribution < -0.4 is 11.5 Å². The first-order valence-corrected chi connectivity index (χ1v) is 15.4. The molecule has 2 fully saturated rings. The molecule has 41 heavy (non-hydrogen) atoms. The van der Waals surface area contributed by atoms with E-state index in [0.717, 1.165) is 0 Å². The van der Waals surface area contributed by atoms with Gasteiger partial charge in [-0.1, -0.05) is 0 Å². The van der Waals surface area contributed by atoms with Crippen LogP contribution in [0.15, 0.2) is 25.3 Å². The van der Waals surface area contributed by atoms with Gasteiger partial charge in [-0.3, -0.25) is 18.3 Å². The number of hydrogen-bond donors (Lipinski definition) is 3. The van der Waals surface area contributed by atoms with Crippen LogP contribution in [0.1, 0.15) is 25.3 Å². The van der Waals surface area contributed by atoms with Crippen LogP contribution >= 0.6 is 16.3 Å². The highest BCUT2D eigenvalue weighted by molar-refractivity contribution is 7.39. The maximum absolute atomic E-state index is 14.9. The van der Waals surface area contributed by atoms with Crippen molar-refractivity contribution in [2.75, 3.05) is 30.8 Å². The van der Waals surface area contributed by atoms with Crippen molar-refractivity contribution < 1.29 is 36.9 Å². The number of imidazole rings is 2. The first kappa shape index (κ1) is 28.0. The Hall–Kier alpha value is -3.11. The van der Waals surface area contributed by atoms with Gasteiger partial charge >= 0.3 is 8.25 Å². The van der Waals surface area contributed by atoms with E-state index in [2.05, 4.69) is 29.9 Å². The van der Waals surface area contributed by atoms with E-state index in [4.69, 9.17) is 34.9 Å². The topological polar surface area (TPSA) is 231 Å². The highest BCUT2D eigenvalue weighted by atomic mass is 31.1. The summed E-state index contributed by atoms with van der Waals surface area (Å²) in [7, 11) is -5.91. The number of aromatic nitrogens is 8. The monoisotopic (exact) mass is 612 g/mol. The zero-order valence-corrected chi connectivity index (χ0v) is 23.3. The molecule has 0 aliphatic carbocycles. The average Bonchev–Trinajstić information content (AvgIpc) is 3.72. The third-order valence-corrected chi connectivity index (χ3v) is 8.89. The lowest BCUT2D eigenvalue weighted by atomic mass is 10.0. The first-order valence-electron chi connectivity index (χ1n) is 12.6. The van der Waals surface area contributed by atoms with Crippen molar-refractivity contribution >= 4 is 50.2 Å². The van der Waals surface area contributed by atoms with Crippen molar-refractivity contribution in [1.29, 1.82) is 0 Å². The van der Waals surface area contributed by atoms with Gasteiger partial charge in [0.2, 0.25) is 0 Å². The molecule has 0 aromatic carbocycles. The second kappa shape index (κ2) is 11.6. The molecule has 0 saturated carbocycles. The van der Waals surface area contributed by atoms with Crippen LogP contribution in [0, 0.1) is 5.92 Å². The number of fused-ring (bicyclic) bond motifs is 2. The lowest BCUT2D eigenvalue weighted by molar-refractivity contribution is -0.0271. The van der Waals surface area contributed by atoms with Gasteiger partial charge < -0.3 is 34.9 Å². The molecular weight excluding hydrogens is 585 g/mol. The number of hydrogen-bond acceptors (Lipinski definition) is 14. The van der Waals surface area contributed by atoms with Crippen molar-refractivity contribution in [2.45, 2.75) is 43.7 Å². The third kappa shape index (κ3) is 5.68. The number of nitrogen functional groups attached to an aromatic ring is 2. The molecule has 0 spiro atoms. The van der Waals surface area contributed by atoms with Gasteiger partial charge in [-0.05, 0) is 6.42 Å². The van der Waals surface area contributed by atoms with Crippen LogP contribution in [-0.2, 0) is 27.7 Å². The number of nitrogens with two attached hydrogens (primary N) is 2. The molecule has 2 aliphatic heterocycles. The Balaban J connectivity index is 1.09. The Morgan fingerprint density at radius 3 is 2.05 bits per heavy atom. The number of nitrogens with zero attached hydrogens (tertiary/aromatic N) is 8. The van der Waals surface area contributed by atoms with Crippen molar-refractivity contribution in [3.63, 3.8) is 0 Å². The Kier molecular flexibility index (Phi) is 7.96. The van der Waals surface area contributed by atoms with Crippen molar-refractivity contribution in [3.8, 4) is 0 Å². The first-order chi connectivity index (χ1) is 19.8. The molecule has 6 heterocycles. The largest absolute Gasteiger partial charge is 0.382 e. The van der Waals surface area contributed by atoms with E-state index in [1.54, 1.807) is 9.13 Å². The lowest BCUT2D eigenvalue weighted by Crippen LogP contribution is -2.25. The molecule has 4 unspecified atom stereocenters. The van der Waals surface area contributed by atoms with E-state index in [-0.39, 0.29) is 43.4 Å². The molecule has 17 nitrogen and oxygen atoms in total. The molecule has 0 radical (unpaired) electrons. The summed E-state index contributed by atoms with van der Waals surface area (Å²) in [5.74, 6) is 0.0425. The molecule has 2 saturated heterocycles. The Morgan fingerprint density at radius 1 is 0.878 bits per heavy atom. The minimum absolute atomic E-state index is 0.0230. The SMILES string of the molecule is Nc1ncnc2c1ncn2[C@H]1C[C@H](C[PH](=O)OCC2O[C@@H](n3cnc4c(N)ncnc43)C[C@H]2F)C(CO[PH](=O)O)O1. The summed E-state index contributed by atoms with van der Waals surface area (Å²) < 4.78 is 64.7. The summed E-state index contributed by atoms with van der Waals surface area (Å²) in [6.07, 6.45) is 1.74. The fourth-order valence-corrected chi connectivity index (χ4v) is 6.75. The molecular formula is C21H27FN10O7P2. The smallest absolute Gasteiger partial charge is 0.316 e. The summed E-state index contributed by atoms with van der Waals surface area (Å²) in [6.45, 7) is -0.425. The minimum Gasteiger partial charge on any atom is -0.382 e. The maximum atomic E-state index is 14.9. The lowest BCUT2D eigenvalue weighted by Gasteiger charge is -2.19. The van der Waals surface area contributed by atoms with Crippen molar-refractivity contribution in [3.05, 3.63) is 25.3 Å². The van der Waals surface area contributed by atoms with Gasteiger partial charge in [0.15, 0.2) is 31.0 Å². The zero-order chi connectivity index (χ0) is 28.7. The molecule has 2 aliphatic rings. The summed E-state index contributed by atoms with van der Waals surface area (Å²) in [6, 6.07) is 0. The Bertz CT molecular complexity index is 1610. The van der Waals surface area contributed by atoms with E-state index in [1.165, 1.54) is 25.3 Å². The van der Waals surface area contributed by atoms with Gasteiger partial charge in [0.05, 0.1) is 32.0 Å². The van der Waals surface area contributed by atoms with Crippen molar-refractivity contribution in [2.24, 2.45) is 5.92 Å². The van der Waals surface area contributed by atoms with Gasteiger partial charge in [0, 0.05) is 18.5 Å².